The second-order valence-corrected chi connectivity index (χ2v) is 5.27. The first-order valence-corrected chi connectivity index (χ1v) is 6.94. The number of nitrogens with one attached hydrogen (secondary N) is 1. The Hall–Kier alpha value is -1.32. The van der Waals surface area contributed by atoms with Crippen molar-refractivity contribution < 1.29 is 9.15 Å². The molecule has 1 heterocycles. The Bertz CT molecular complexity index is 516. The second kappa shape index (κ2) is 6.73. The highest BCUT2D eigenvalue weighted by Crippen LogP contribution is 2.26. The zero-order valence-electron chi connectivity index (χ0n) is 12.0. The molecule has 0 bridgehead atoms. The summed E-state index contributed by atoms with van der Waals surface area (Å²) in [7, 11) is 1.93. The van der Waals surface area contributed by atoms with E-state index in [1.54, 1.807) is 0 Å². The lowest BCUT2D eigenvalue weighted by Crippen LogP contribution is -2.07. The molecule has 1 N–H and O–H groups in total. The van der Waals surface area contributed by atoms with Gasteiger partial charge in [0.2, 0.25) is 0 Å². The molecule has 0 aliphatic rings. The van der Waals surface area contributed by atoms with Crippen molar-refractivity contribution >= 4 is 11.0 Å². The van der Waals surface area contributed by atoms with Gasteiger partial charge in [-0.2, -0.15) is 0 Å². The van der Waals surface area contributed by atoms with Gasteiger partial charge in [0, 0.05) is 17.6 Å². The highest BCUT2D eigenvalue weighted by Gasteiger charge is 2.13. The number of hydrogen-bond acceptors (Lipinski definition) is 3. The molecule has 104 valence electrons. The molecule has 0 spiro atoms. The van der Waals surface area contributed by atoms with Crippen molar-refractivity contribution in [2.24, 2.45) is 5.92 Å². The van der Waals surface area contributed by atoms with Crippen molar-refractivity contribution in [2.45, 2.75) is 33.4 Å². The van der Waals surface area contributed by atoms with Crippen LogP contribution in [0.4, 0.5) is 0 Å². The number of furan rings is 1. The maximum atomic E-state index is 5.88. The Morgan fingerprint density at radius 3 is 2.79 bits per heavy atom. The van der Waals surface area contributed by atoms with Crippen LogP contribution < -0.4 is 5.32 Å². The van der Waals surface area contributed by atoms with E-state index in [1.165, 1.54) is 5.56 Å². The number of benzene rings is 1. The summed E-state index contributed by atoms with van der Waals surface area (Å²) in [4.78, 5) is 0. The Kier molecular flexibility index (Phi) is 5.00. The molecule has 0 saturated heterocycles. The topological polar surface area (TPSA) is 34.4 Å². The first-order valence-electron chi connectivity index (χ1n) is 6.94. The predicted octanol–water partition coefficient (Wildman–Crippen LogP) is 3.71. The van der Waals surface area contributed by atoms with Gasteiger partial charge in [0.25, 0.3) is 0 Å². The van der Waals surface area contributed by atoms with Crippen molar-refractivity contribution in [1.29, 1.82) is 0 Å². The highest BCUT2D eigenvalue weighted by atomic mass is 16.5. The van der Waals surface area contributed by atoms with Crippen molar-refractivity contribution in [3.8, 4) is 0 Å². The van der Waals surface area contributed by atoms with Gasteiger partial charge < -0.3 is 14.5 Å². The molecule has 0 fully saturated rings. The van der Waals surface area contributed by atoms with Gasteiger partial charge >= 0.3 is 0 Å². The quantitative estimate of drug-likeness (QED) is 0.771. The average Bonchev–Trinajstić information content (AvgIpc) is 2.73. The second-order valence-electron chi connectivity index (χ2n) is 5.27. The van der Waals surface area contributed by atoms with Crippen molar-refractivity contribution in [3.63, 3.8) is 0 Å². The van der Waals surface area contributed by atoms with Crippen LogP contribution in [-0.4, -0.2) is 13.7 Å². The minimum Gasteiger partial charge on any atom is -0.459 e. The average molecular weight is 261 g/mol. The maximum absolute atomic E-state index is 5.88. The Morgan fingerprint density at radius 2 is 2.05 bits per heavy atom. The summed E-state index contributed by atoms with van der Waals surface area (Å²) < 4.78 is 11.7. The van der Waals surface area contributed by atoms with Crippen molar-refractivity contribution in [2.75, 3.05) is 13.7 Å². The van der Waals surface area contributed by atoms with Crippen LogP contribution in [0.3, 0.4) is 0 Å². The van der Waals surface area contributed by atoms with Gasteiger partial charge in [-0.3, -0.25) is 0 Å². The third kappa shape index (κ3) is 3.58. The van der Waals surface area contributed by atoms with Gasteiger partial charge in [-0.1, -0.05) is 32.0 Å². The molecule has 0 unspecified atom stereocenters. The summed E-state index contributed by atoms with van der Waals surface area (Å²) >= 11 is 0. The lowest BCUT2D eigenvalue weighted by atomic mass is 10.1. The fourth-order valence-electron chi connectivity index (χ4n) is 2.10. The molecule has 2 aromatic rings. The van der Waals surface area contributed by atoms with Crippen molar-refractivity contribution in [1.82, 2.24) is 5.32 Å². The largest absolute Gasteiger partial charge is 0.459 e. The van der Waals surface area contributed by atoms with E-state index < -0.39 is 0 Å². The van der Waals surface area contributed by atoms with Gasteiger partial charge in [-0.25, -0.2) is 0 Å². The standard InChI is InChI=1S/C16H23NO2/c1-12(2)8-9-18-11-14-13-6-4-5-7-15(13)19-16(14)10-17-3/h4-7,12,17H,8-11H2,1-3H3. The molecule has 19 heavy (non-hydrogen) atoms. The van der Waals surface area contributed by atoms with Gasteiger partial charge in [-0.05, 0) is 25.5 Å². The molecule has 1 aromatic heterocycles. The summed E-state index contributed by atoms with van der Waals surface area (Å²) in [5.41, 5.74) is 2.11. The molecule has 0 amide bonds. The van der Waals surface area contributed by atoms with E-state index in [-0.39, 0.29) is 0 Å². The normalized spacial score (nSPS) is 11.6. The number of rotatable bonds is 7. The number of para-hydroxylation sites is 1. The smallest absolute Gasteiger partial charge is 0.134 e. The Balaban J connectivity index is 2.12. The van der Waals surface area contributed by atoms with E-state index in [2.05, 4.69) is 25.2 Å². The molecule has 3 heteroatoms. The Labute approximate surface area is 114 Å². The van der Waals surface area contributed by atoms with Crippen LogP contribution in [0, 0.1) is 5.92 Å². The molecular weight excluding hydrogens is 238 g/mol. The lowest BCUT2D eigenvalue weighted by molar-refractivity contribution is 0.110. The number of fused-ring (bicyclic) bond motifs is 1. The van der Waals surface area contributed by atoms with Gasteiger partial charge in [0.15, 0.2) is 0 Å². The van der Waals surface area contributed by atoms with E-state index >= 15 is 0 Å². The van der Waals surface area contributed by atoms with Crippen LogP contribution in [0.15, 0.2) is 28.7 Å². The minimum absolute atomic E-state index is 0.626. The molecule has 3 nitrogen and oxygen atoms in total. The van der Waals surface area contributed by atoms with Crippen LogP contribution in [0.2, 0.25) is 0 Å². The maximum Gasteiger partial charge on any atom is 0.134 e. The number of hydrogen-bond donors (Lipinski definition) is 1. The molecule has 2 rings (SSSR count). The van der Waals surface area contributed by atoms with E-state index in [0.717, 1.165) is 36.3 Å². The molecular formula is C16H23NO2. The van der Waals surface area contributed by atoms with Gasteiger partial charge in [0.1, 0.15) is 11.3 Å². The SMILES string of the molecule is CNCc1oc2ccccc2c1COCCC(C)C. The monoisotopic (exact) mass is 261 g/mol. The third-order valence-electron chi connectivity index (χ3n) is 3.21. The summed E-state index contributed by atoms with van der Waals surface area (Å²) in [5.74, 6) is 1.66. The highest BCUT2D eigenvalue weighted by molar-refractivity contribution is 5.82. The van der Waals surface area contributed by atoms with Gasteiger partial charge in [-0.15, -0.1) is 0 Å². The lowest BCUT2D eigenvalue weighted by Gasteiger charge is -2.07. The van der Waals surface area contributed by atoms with Crippen LogP contribution in [0.1, 0.15) is 31.6 Å². The van der Waals surface area contributed by atoms with Gasteiger partial charge in [0.05, 0.1) is 13.2 Å². The molecule has 1 aromatic carbocycles. The molecule has 0 aliphatic carbocycles. The fraction of sp³-hybridized carbons (Fsp3) is 0.500. The summed E-state index contributed by atoms with van der Waals surface area (Å²) in [6, 6.07) is 8.14. The number of ether oxygens (including phenoxy) is 1. The molecule has 0 saturated carbocycles. The zero-order chi connectivity index (χ0) is 13.7. The summed E-state index contributed by atoms with van der Waals surface area (Å²) in [6.07, 6.45) is 1.09. The molecule has 0 aliphatic heterocycles. The van der Waals surface area contributed by atoms with Crippen LogP contribution >= 0.6 is 0 Å². The van der Waals surface area contributed by atoms with E-state index in [1.807, 2.05) is 25.2 Å². The summed E-state index contributed by atoms with van der Waals surface area (Å²) in [5, 5.41) is 4.31. The molecule has 0 radical (unpaired) electrons. The van der Waals surface area contributed by atoms with E-state index in [4.69, 9.17) is 9.15 Å². The van der Waals surface area contributed by atoms with E-state index in [9.17, 15) is 0 Å². The Morgan fingerprint density at radius 1 is 1.26 bits per heavy atom. The van der Waals surface area contributed by atoms with Crippen molar-refractivity contribution in [3.05, 3.63) is 35.6 Å². The fourth-order valence-corrected chi connectivity index (χ4v) is 2.10. The zero-order valence-corrected chi connectivity index (χ0v) is 12.0. The minimum atomic E-state index is 0.626. The van der Waals surface area contributed by atoms with Crippen LogP contribution in [-0.2, 0) is 17.9 Å². The third-order valence-corrected chi connectivity index (χ3v) is 3.21. The van der Waals surface area contributed by atoms with E-state index in [0.29, 0.717) is 12.5 Å². The van der Waals surface area contributed by atoms with Crippen LogP contribution in [0.25, 0.3) is 11.0 Å². The van der Waals surface area contributed by atoms with Crippen LogP contribution in [0.5, 0.6) is 0 Å². The first-order chi connectivity index (χ1) is 9.22. The predicted molar refractivity (Wildman–Crippen MR) is 78.1 cm³/mol. The summed E-state index contributed by atoms with van der Waals surface area (Å²) in [6.45, 7) is 6.58. The molecule has 0 atom stereocenters. The first kappa shape index (κ1) is 14.1.